The molecule has 0 spiro atoms. The summed E-state index contributed by atoms with van der Waals surface area (Å²) in [5, 5.41) is 10.7. The number of nitrogens with zero attached hydrogens (tertiary/aromatic N) is 1. The van der Waals surface area contributed by atoms with Crippen LogP contribution in [0.3, 0.4) is 0 Å². The number of nitro benzene ring substituents is 1. The van der Waals surface area contributed by atoms with Gasteiger partial charge in [-0.15, -0.1) is 0 Å². The molecular formula is C19H27N3O2+2. The Bertz CT molecular complexity index is 620. The number of nitro groups is 1. The molecule has 1 aromatic rings. The summed E-state index contributed by atoms with van der Waals surface area (Å²) in [5.41, 5.74) is 1.39. The molecule has 2 aliphatic carbocycles. The first-order chi connectivity index (χ1) is 11.7. The summed E-state index contributed by atoms with van der Waals surface area (Å²) in [6, 6.07) is 7.07. The monoisotopic (exact) mass is 329 g/mol. The molecule has 4 rings (SSSR count). The van der Waals surface area contributed by atoms with Crippen LogP contribution in [0.15, 0.2) is 36.4 Å². The van der Waals surface area contributed by atoms with Crippen LogP contribution < -0.4 is 9.80 Å². The van der Waals surface area contributed by atoms with Gasteiger partial charge in [0.25, 0.3) is 5.69 Å². The highest BCUT2D eigenvalue weighted by molar-refractivity contribution is 5.32. The van der Waals surface area contributed by atoms with E-state index in [1.807, 2.05) is 12.1 Å². The standard InChI is InChI=1S/C19H25N3O2/c23-22(24)19-5-2-15(3-6-19)13-20-7-9-21(10-8-20)14-18-12-16-1-4-17(18)11-16/h1-6,16-18H,7-14H2/p+2/t16-,17-,18+/m0/s1. The molecule has 1 heterocycles. The molecule has 1 aliphatic heterocycles. The minimum Gasteiger partial charge on any atom is -0.325 e. The second kappa shape index (κ2) is 6.65. The van der Waals surface area contributed by atoms with Crippen LogP contribution in [0.4, 0.5) is 5.69 Å². The molecule has 3 atom stereocenters. The molecule has 5 nitrogen and oxygen atoms in total. The maximum absolute atomic E-state index is 10.7. The average molecular weight is 329 g/mol. The predicted molar refractivity (Wildman–Crippen MR) is 91.9 cm³/mol. The third kappa shape index (κ3) is 3.37. The van der Waals surface area contributed by atoms with Crippen LogP contribution in [0, 0.1) is 27.9 Å². The fraction of sp³-hybridized carbons (Fsp3) is 0.579. The Morgan fingerprint density at radius 1 is 1.00 bits per heavy atom. The smallest absolute Gasteiger partial charge is 0.269 e. The van der Waals surface area contributed by atoms with Gasteiger partial charge in [-0.2, -0.15) is 0 Å². The van der Waals surface area contributed by atoms with Gasteiger partial charge in [-0.25, -0.2) is 0 Å². The van der Waals surface area contributed by atoms with Gasteiger partial charge in [-0.05, 0) is 36.8 Å². The molecule has 24 heavy (non-hydrogen) atoms. The number of allylic oxidation sites excluding steroid dienone is 2. The van der Waals surface area contributed by atoms with E-state index in [1.165, 1.54) is 51.1 Å². The lowest BCUT2D eigenvalue weighted by Gasteiger charge is -2.32. The molecule has 1 saturated heterocycles. The highest BCUT2D eigenvalue weighted by Gasteiger charge is 2.38. The van der Waals surface area contributed by atoms with Gasteiger partial charge >= 0.3 is 0 Å². The van der Waals surface area contributed by atoms with E-state index < -0.39 is 0 Å². The van der Waals surface area contributed by atoms with Crippen molar-refractivity contribution in [2.24, 2.45) is 17.8 Å². The zero-order valence-electron chi connectivity index (χ0n) is 14.1. The second-order valence-electron chi connectivity index (χ2n) is 7.84. The van der Waals surface area contributed by atoms with Gasteiger partial charge in [0.1, 0.15) is 32.7 Å². The lowest BCUT2D eigenvalue weighted by atomic mass is 9.93. The van der Waals surface area contributed by atoms with E-state index in [4.69, 9.17) is 0 Å². The number of benzene rings is 1. The van der Waals surface area contributed by atoms with Gasteiger partial charge in [-0.1, -0.05) is 12.2 Å². The van der Waals surface area contributed by atoms with Crippen LogP contribution in [0.2, 0.25) is 0 Å². The molecule has 0 radical (unpaired) electrons. The van der Waals surface area contributed by atoms with Crippen LogP contribution in [0.1, 0.15) is 18.4 Å². The summed E-state index contributed by atoms with van der Waals surface area (Å²) in [6.45, 7) is 7.30. The minimum absolute atomic E-state index is 0.183. The number of rotatable bonds is 5. The van der Waals surface area contributed by atoms with Gasteiger partial charge in [0.05, 0.1) is 11.5 Å². The van der Waals surface area contributed by atoms with Gasteiger partial charge in [0, 0.05) is 23.6 Å². The molecule has 1 saturated carbocycles. The van der Waals surface area contributed by atoms with Crippen molar-refractivity contribution in [1.82, 2.24) is 0 Å². The van der Waals surface area contributed by atoms with E-state index >= 15 is 0 Å². The number of hydrogen-bond donors (Lipinski definition) is 2. The lowest BCUT2D eigenvalue weighted by molar-refractivity contribution is -1.02. The zero-order chi connectivity index (χ0) is 16.5. The van der Waals surface area contributed by atoms with Crippen molar-refractivity contribution in [2.75, 3.05) is 32.7 Å². The van der Waals surface area contributed by atoms with Crippen molar-refractivity contribution in [2.45, 2.75) is 19.4 Å². The number of quaternary nitrogens is 2. The molecule has 5 heteroatoms. The topological polar surface area (TPSA) is 52.0 Å². The predicted octanol–water partition coefficient (Wildman–Crippen LogP) is 0.0904. The molecule has 2 bridgehead atoms. The number of fused-ring (bicyclic) bond motifs is 2. The van der Waals surface area contributed by atoms with E-state index in [0.29, 0.717) is 0 Å². The van der Waals surface area contributed by atoms with Crippen molar-refractivity contribution < 1.29 is 14.7 Å². The zero-order valence-corrected chi connectivity index (χ0v) is 14.1. The highest BCUT2D eigenvalue weighted by Crippen LogP contribution is 2.42. The summed E-state index contributed by atoms with van der Waals surface area (Å²) < 4.78 is 0. The summed E-state index contributed by atoms with van der Waals surface area (Å²) in [5.74, 6) is 2.67. The van der Waals surface area contributed by atoms with Crippen molar-refractivity contribution in [1.29, 1.82) is 0 Å². The molecular weight excluding hydrogens is 302 g/mol. The summed E-state index contributed by atoms with van der Waals surface area (Å²) in [7, 11) is 0. The first kappa shape index (κ1) is 15.8. The largest absolute Gasteiger partial charge is 0.325 e. The molecule has 2 N–H and O–H groups in total. The normalized spacial score (nSPS) is 34.6. The Morgan fingerprint density at radius 2 is 1.71 bits per heavy atom. The lowest BCUT2D eigenvalue weighted by Crippen LogP contribution is -3.27. The van der Waals surface area contributed by atoms with E-state index in [1.54, 1.807) is 21.9 Å². The Kier molecular flexibility index (Phi) is 4.37. The number of piperazine rings is 1. The van der Waals surface area contributed by atoms with Gasteiger partial charge in [0.15, 0.2) is 0 Å². The van der Waals surface area contributed by atoms with Crippen LogP contribution in [-0.4, -0.2) is 37.6 Å². The fourth-order valence-corrected chi connectivity index (χ4v) is 4.86. The van der Waals surface area contributed by atoms with E-state index in [0.717, 1.165) is 24.3 Å². The first-order valence-electron chi connectivity index (χ1n) is 9.26. The van der Waals surface area contributed by atoms with Crippen molar-refractivity contribution in [3.8, 4) is 0 Å². The van der Waals surface area contributed by atoms with Crippen LogP contribution >= 0.6 is 0 Å². The number of non-ortho nitro benzene ring substituents is 1. The second-order valence-corrected chi connectivity index (χ2v) is 7.84. The van der Waals surface area contributed by atoms with E-state index in [2.05, 4.69) is 12.2 Å². The average Bonchev–Trinajstić information content (AvgIpc) is 3.20. The Morgan fingerprint density at radius 3 is 2.29 bits per heavy atom. The Hall–Kier alpha value is -1.72. The van der Waals surface area contributed by atoms with Crippen molar-refractivity contribution in [3.05, 3.63) is 52.1 Å². The highest BCUT2D eigenvalue weighted by atomic mass is 16.6. The van der Waals surface area contributed by atoms with Gasteiger partial charge in [-0.3, -0.25) is 10.1 Å². The maximum atomic E-state index is 10.7. The van der Waals surface area contributed by atoms with Crippen LogP contribution in [0.25, 0.3) is 0 Å². The van der Waals surface area contributed by atoms with Gasteiger partial charge < -0.3 is 9.80 Å². The summed E-state index contributed by atoms with van der Waals surface area (Å²) >= 11 is 0. The molecule has 1 aromatic carbocycles. The third-order valence-electron chi connectivity index (χ3n) is 6.23. The Balaban J connectivity index is 1.24. The molecule has 0 unspecified atom stereocenters. The maximum Gasteiger partial charge on any atom is 0.269 e. The fourth-order valence-electron chi connectivity index (χ4n) is 4.86. The van der Waals surface area contributed by atoms with Gasteiger partial charge in [0.2, 0.25) is 0 Å². The molecule has 128 valence electrons. The van der Waals surface area contributed by atoms with E-state index in [-0.39, 0.29) is 10.6 Å². The molecule has 0 amide bonds. The van der Waals surface area contributed by atoms with Crippen LogP contribution in [-0.2, 0) is 6.54 Å². The van der Waals surface area contributed by atoms with Crippen molar-refractivity contribution in [3.63, 3.8) is 0 Å². The molecule has 2 fully saturated rings. The summed E-state index contributed by atoms with van der Waals surface area (Å²) in [6.07, 6.45) is 7.73. The van der Waals surface area contributed by atoms with Crippen LogP contribution in [0.5, 0.6) is 0 Å². The van der Waals surface area contributed by atoms with E-state index in [9.17, 15) is 10.1 Å². The first-order valence-corrected chi connectivity index (χ1v) is 9.26. The van der Waals surface area contributed by atoms with Crippen molar-refractivity contribution >= 4 is 5.69 Å². The quantitative estimate of drug-likeness (QED) is 0.457. The third-order valence-corrected chi connectivity index (χ3v) is 6.23. The minimum atomic E-state index is -0.330. The molecule has 0 aromatic heterocycles. The molecule has 3 aliphatic rings. The SMILES string of the molecule is O=[N+]([O-])c1ccc(C[NH+]2CC[NH+](C[C@H]3C[C@H]4C=C[C@H]3C4)CC2)cc1. The number of hydrogen-bond acceptors (Lipinski definition) is 2. The summed E-state index contributed by atoms with van der Waals surface area (Å²) in [4.78, 5) is 13.8. The number of nitrogens with one attached hydrogen (secondary N) is 2. The Labute approximate surface area is 143 Å².